The fraction of sp³-hybridized carbons (Fsp3) is 0.538. The summed E-state index contributed by atoms with van der Waals surface area (Å²) in [5.41, 5.74) is 5.14. The Morgan fingerprint density at radius 1 is 1.24 bits per heavy atom. The van der Waals surface area contributed by atoms with E-state index in [4.69, 9.17) is 4.84 Å². The van der Waals surface area contributed by atoms with E-state index in [-0.39, 0.29) is 0 Å². The van der Waals surface area contributed by atoms with Gasteiger partial charge in [-0.25, -0.2) is 0 Å². The van der Waals surface area contributed by atoms with Gasteiger partial charge in [0.1, 0.15) is 0 Å². The summed E-state index contributed by atoms with van der Waals surface area (Å²) in [5, 5.41) is 0. The van der Waals surface area contributed by atoms with Crippen LogP contribution < -0.4 is 10.4 Å². The maximum atomic E-state index is 4.93. The quantitative estimate of drug-likeness (QED) is 0.805. The van der Waals surface area contributed by atoms with Crippen molar-refractivity contribution in [3.63, 3.8) is 0 Å². The van der Waals surface area contributed by atoms with Gasteiger partial charge < -0.3 is 9.80 Å². The van der Waals surface area contributed by atoms with Crippen LogP contribution in [0.5, 0.6) is 0 Å². The molecule has 94 valence electrons. The summed E-state index contributed by atoms with van der Waals surface area (Å²) < 4.78 is 0. The van der Waals surface area contributed by atoms with E-state index in [1.165, 1.54) is 5.69 Å². The number of hydrogen-bond donors (Lipinski definition) is 1. The van der Waals surface area contributed by atoms with Gasteiger partial charge >= 0.3 is 0 Å². The van der Waals surface area contributed by atoms with Crippen molar-refractivity contribution < 1.29 is 4.84 Å². The van der Waals surface area contributed by atoms with Crippen molar-refractivity contribution in [3.05, 3.63) is 24.3 Å². The van der Waals surface area contributed by atoms with Crippen LogP contribution in [0.1, 0.15) is 6.92 Å². The zero-order chi connectivity index (χ0) is 12.1. The Hall–Kier alpha value is -1.26. The van der Waals surface area contributed by atoms with E-state index in [1.807, 2.05) is 6.07 Å². The molecule has 1 aromatic carbocycles. The zero-order valence-corrected chi connectivity index (χ0v) is 10.6. The number of piperazine rings is 1. The molecule has 1 aromatic rings. The first-order valence-electron chi connectivity index (χ1n) is 6.20. The van der Waals surface area contributed by atoms with Gasteiger partial charge in [0.15, 0.2) is 0 Å². The average Bonchev–Trinajstić information content (AvgIpc) is 2.40. The third-order valence-electron chi connectivity index (χ3n) is 3.25. The van der Waals surface area contributed by atoms with Crippen LogP contribution in [0, 0.1) is 0 Å². The molecule has 0 atom stereocenters. The van der Waals surface area contributed by atoms with Gasteiger partial charge in [0.25, 0.3) is 0 Å². The molecule has 1 heterocycles. The summed E-state index contributed by atoms with van der Waals surface area (Å²) in [5.74, 6) is 0. The Labute approximate surface area is 103 Å². The highest BCUT2D eigenvalue weighted by Gasteiger charge is 2.15. The van der Waals surface area contributed by atoms with Gasteiger partial charge in [0.05, 0.1) is 12.8 Å². The molecule has 17 heavy (non-hydrogen) atoms. The highest BCUT2D eigenvalue weighted by molar-refractivity contribution is 5.57. The van der Waals surface area contributed by atoms with Crippen molar-refractivity contribution in [3.8, 4) is 0 Å². The molecule has 0 aliphatic carbocycles. The Morgan fingerprint density at radius 2 is 2.00 bits per heavy atom. The van der Waals surface area contributed by atoms with E-state index in [9.17, 15) is 0 Å². The third-order valence-corrected chi connectivity index (χ3v) is 3.25. The number of nitrogens with one attached hydrogen (secondary N) is 1. The molecule has 1 aliphatic heterocycles. The topological polar surface area (TPSA) is 27.7 Å². The molecule has 4 heteroatoms. The number of benzene rings is 1. The summed E-state index contributed by atoms with van der Waals surface area (Å²) >= 11 is 0. The van der Waals surface area contributed by atoms with Gasteiger partial charge in [-0.1, -0.05) is 13.0 Å². The highest BCUT2D eigenvalue weighted by Crippen LogP contribution is 2.20. The van der Waals surface area contributed by atoms with Crippen molar-refractivity contribution in [1.29, 1.82) is 0 Å². The Bertz CT molecular complexity index is 348. The number of hydrogen-bond acceptors (Lipinski definition) is 4. The molecule has 0 unspecified atom stereocenters. The summed E-state index contributed by atoms with van der Waals surface area (Å²) in [6.45, 7) is 7.88. The molecular weight excluding hydrogens is 214 g/mol. The monoisotopic (exact) mass is 235 g/mol. The molecule has 2 rings (SSSR count). The van der Waals surface area contributed by atoms with Gasteiger partial charge in [-0.05, 0) is 24.7 Å². The summed E-state index contributed by atoms with van der Waals surface area (Å²) in [6.07, 6.45) is 0. The number of rotatable bonds is 4. The lowest BCUT2D eigenvalue weighted by Crippen LogP contribution is -2.46. The van der Waals surface area contributed by atoms with Crippen LogP contribution in [-0.4, -0.2) is 44.7 Å². The fourth-order valence-corrected chi connectivity index (χ4v) is 2.21. The van der Waals surface area contributed by atoms with Crippen molar-refractivity contribution in [1.82, 2.24) is 4.90 Å². The van der Waals surface area contributed by atoms with Crippen molar-refractivity contribution in [2.75, 3.05) is 50.2 Å². The average molecular weight is 235 g/mol. The van der Waals surface area contributed by atoms with Crippen LogP contribution in [0.25, 0.3) is 0 Å². The van der Waals surface area contributed by atoms with Crippen LogP contribution in [-0.2, 0) is 4.84 Å². The predicted octanol–water partition coefficient (Wildman–Crippen LogP) is 1.80. The third kappa shape index (κ3) is 3.11. The van der Waals surface area contributed by atoms with Gasteiger partial charge in [-0.15, -0.1) is 0 Å². The van der Waals surface area contributed by atoms with E-state index >= 15 is 0 Å². The summed E-state index contributed by atoms with van der Waals surface area (Å²) in [6, 6.07) is 8.35. The molecule has 1 fully saturated rings. The number of nitrogens with zero attached hydrogens (tertiary/aromatic N) is 2. The minimum atomic E-state index is 1.00. The van der Waals surface area contributed by atoms with Gasteiger partial charge in [-0.3, -0.25) is 10.3 Å². The lowest BCUT2D eigenvalue weighted by atomic mass is 10.2. The molecule has 0 spiro atoms. The molecule has 1 N–H and O–H groups in total. The fourth-order valence-electron chi connectivity index (χ4n) is 2.21. The molecule has 0 saturated carbocycles. The maximum Gasteiger partial charge on any atom is 0.0636 e. The van der Waals surface area contributed by atoms with E-state index < -0.39 is 0 Å². The minimum Gasteiger partial charge on any atom is -0.369 e. The highest BCUT2D eigenvalue weighted by atomic mass is 16.6. The van der Waals surface area contributed by atoms with Gasteiger partial charge in [0, 0.05) is 31.9 Å². The first-order valence-corrected chi connectivity index (χ1v) is 6.20. The Balaban J connectivity index is 2.00. The van der Waals surface area contributed by atoms with Crippen molar-refractivity contribution >= 4 is 11.4 Å². The normalized spacial score (nSPS) is 17.2. The zero-order valence-electron chi connectivity index (χ0n) is 10.6. The van der Waals surface area contributed by atoms with E-state index in [0.29, 0.717) is 0 Å². The summed E-state index contributed by atoms with van der Waals surface area (Å²) in [4.78, 5) is 9.83. The van der Waals surface area contributed by atoms with Crippen LogP contribution >= 0.6 is 0 Å². The second-order valence-corrected chi connectivity index (χ2v) is 4.28. The van der Waals surface area contributed by atoms with Crippen LogP contribution in [0.4, 0.5) is 11.4 Å². The Kier molecular flexibility index (Phi) is 4.23. The van der Waals surface area contributed by atoms with Crippen LogP contribution in [0.3, 0.4) is 0 Å². The molecule has 0 radical (unpaired) electrons. The molecule has 0 bridgehead atoms. The van der Waals surface area contributed by atoms with Crippen molar-refractivity contribution in [2.45, 2.75) is 6.92 Å². The first kappa shape index (κ1) is 12.2. The standard InChI is InChI=1S/C13H21N3O/c1-3-15-7-9-16(10-8-15)13-6-4-5-12(11-13)14-17-2/h4-6,11,14H,3,7-10H2,1-2H3. The second-order valence-electron chi connectivity index (χ2n) is 4.28. The van der Waals surface area contributed by atoms with Gasteiger partial charge in [-0.2, -0.15) is 0 Å². The predicted molar refractivity (Wildman–Crippen MR) is 71.4 cm³/mol. The molecule has 4 nitrogen and oxygen atoms in total. The number of likely N-dealkylation sites (N-methyl/N-ethyl adjacent to an activating group) is 1. The summed E-state index contributed by atoms with van der Waals surface area (Å²) in [7, 11) is 1.63. The van der Waals surface area contributed by atoms with Gasteiger partial charge in [0.2, 0.25) is 0 Å². The lowest BCUT2D eigenvalue weighted by Gasteiger charge is -2.35. The molecule has 1 saturated heterocycles. The van der Waals surface area contributed by atoms with Crippen LogP contribution in [0.2, 0.25) is 0 Å². The molecule has 0 amide bonds. The van der Waals surface area contributed by atoms with E-state index in [2.05, 4.69) is 40.4 Å². The first-order chi connectivity index (χ1) is 8.33. The smallest absolute Gasteiger partial charge is 0.0636 e. The molecule has 0 aromatic heterocycles. The minimum absolute atomic E-state index is 1.00. The molecular formula is C13H21N3O. The lowest BCUT2D eigenvalue weighted by molar-refractivity contribution is 0.269. The largest absolute Gasteiger partial charge is 0.369 e. The second kappa shape index (κ2) is 5.89. The maximum absolute atomic E-state index is 4.93. The molecule has 1 aliphatic rings. The van der Waals surface area contributed by atoms with E-state index in [1.54, 1.807) is 7.11 Å². The Morgan fingerprint density at radius 3 is 2.65 bits per heavy atom. The number of anilines is 2. The van der Waals surface area contributed by atoms with Crippen LogP contribution in [0.15, 0.2) is 24.3 Å². The van der Waals surface area contributed by atoms with E-state index in [0.717, 1.165) is 38.4 Å². The SMILES string of the molecule is CCN1CCN(c2cccc(NOC)c2)CC1. The van der Waals surface area contributed by atoms with Crippen molar-refractivity contribution in [2.24, 2.45) is 0 Å².